The second kappa shape index (κ2) is 6.63. The first-order valence-corrected chi connectivity index (χ1v) is 8.54. The first kappa shape index (κ1) is 15.3. The predicted molar refractivity (Wildman–Crippen MR) is 82.3 cm³/mol. The van der Waals surface area contributed by atoms with Crippen LogP contribution in [0.5, 0.6) is 0 Å². The standard InChI is InChI=1S/C16H29N3O2/c1-14-13-18(7-6-17-14)15(20)12-16(4-2-3-5-16)19-8-10-21-11-9-19/h14,17H,2-13H2,1H3. The zero-order chi connectivity index (χ0) is 14.7. The van der Waals surface area contributed by atoms with Crippen LogP contribution in [-0.2, 0) is 9.53 Å². The van der Waals surface area contributed by atoms with E-state index in [0.29, 0.717) is 18.4 Å². The first-order valence-electron chi connectivity index (χ1n) is 8.54. The third kappa shape index (κ3) is 3.41. The molecule has 2 saturated heterocycles. The van der Waals surface area contributed by atoms with Crippen LogP contribution in [0.4, 0.5) is 0 Å². The Hall–Kier alpha value is -0.650. The van der Waals surface area contributed by atoms with Gasteiger partial charge in [-0.15, -0.1) is 0 Å². The van der Waals surface area contributed by atoms with Gasteiger partial charge in [-0.2, -0.15) is 0 Å². The molecule has 21 heavy (non-hydrogen) atoms. The van der Waals surface area contributed by atoms with E-state index in [0.717, 1.165) is 45.9 Å². The molecule has 3 rings (SSSR count). The van der Waals surface area contributed by atoms with Crippen LogP contribution in [0.3, 0.4) is 0 Å². The van der Waals surface area contributed by atoms with Crippen LogP contribution in [0, 0.1) is 0 Å². The maximum absolute atomic E-state index is 12.8. The minimum absolute atomic E-state index is 0.120. The third-order valence-corrected chi connectivity index (χ3v) is 5.42. The van der Waals surface area contributed by atoms with Crippen molar-refractivity contribution in [2.75, 3.05) is 45.9 Å². The van der Waals surface area contributed by atoms with Gasteiger partial charge in [0.05, 0.1) is 13.2 Å². The molecule has 5 nitrogen and oxygen atoms in total. The van der Waals surface area contributed by atoms with Gasteiger partial charge in [0.2, 0.25) is 5.91 Å². The Morgan fingerprint density at radius 1 is 1.24 bits per heavy atom. The van der Waals surface area contributed by atoms with Crippen LogP contribution in [-0.4, -0.2) is 73.2 Å². The molecule has 0 aromatic heterocycles. The van der Waals surface area contributed by atoms with E-state index in [1.165, 1.54) is 25.7 Å². The van der Waals surface area contributed by atoms with E-state index in [4.69, 9.17) is 4.74 Å². The average molecular weight is 295 g/mol. The lowest BCUT2D eigenvalue weighted by Gasteiger charge is -2.44. The molecular formula is C16H29N3O2. The van der Waals surface area contributed by atoms with E-state index < -0.39 is 0 Å². The SMILES string of the molecule is CC1CN(C(=O)CC2(N3CCOCC3)CCCC2)CCN1. The zero-order valence-electron chi connectivity index (χ0n) is 13.3. The summed E-state index contributed by atoms with van der Waals surface area (Å²) >= 11 is 0. The van der Waals surface area contributed by atoms with E-state index >= 15 is 0 Å². The maximum atomic E-state index is 12.8. The molecule has 0 aromatic rings. The normalized spacial score (nSPS) is 30.5. The number of rotatable bonds is 3. The molecule has 0 aromatic carbocycles. The van der Waals surface area contributed by atoms with Crippen molar-refractivity contribution in [1.82, 2.24) is 15.1 Å². The zero-order valence-corrected chi connectivity index (χ0v) is 13.3. The summed E-state index contributed by atoms with van der Waals surface area (Å²) in [6.07, 6.45) is 5.60. The van der Waals surface area contributed by atoms with E-state index in [2.05, 4.69) is 22.0 Å². The topological polar surface area (TPSA) is 44.8 Å². The number of hydrogen-bond donors (Lipinski definition) is 1. The van der Waals surface area contributed by atoms with Crippen molar-refractivity contribution >= 4 is 5.91 Å². The Labute approximate surface area is 128 Å². The fraction of sp³-hybridized carbons (Fsp3) is 0.938. The number of hydrogen-bond acceptors (Lipinski definition) is 4. The van der Waals surface area contributed by atoms with Crippen molar-refractivity contribution in [2.24, 2.45) is 0 Å². The van der Waals surface area contributed by atoms with Crippen LogP contribution in [0.25, 0.3) is 0 Å². The Morgan fingerprint density at radius 2 is 1.95 bits per heavy atom. The highest BCUT2D eigenvalue weighted by molar-refractivity contribution is 5.77. The monoisotopic (exact) mass is 295 g/mol. The molecule has 1 aliphatic carbocycles. The molecule has 0 radical (unpaired) electrons. The largest absolute Gasteiger partial charge is 0.379 e. The molecule has 1 atom stereocenters. The van der Waals surface area contributed by atoms with Crippen molar-refractivity contribution in [1.29, 1.82) is 0 Å². The fourth-order valence-electron chi connectivity index (χ4n) is 4.23. The van der Waals surface area contributed by atoms with Crippen molar-refractivity contribution in [3.8, 4) is 0 Å². The van der Waals surface area contributed by atoms with Crippen LogP contribution in [0.15, 0.2) is 0 Å². The van der Waals surface area contributed by atoms with Crippen LogP contribution in [0.1, 0.15) is 39.0 Å². The summed E-state index contributed by atoms with van der Waals surface area (Å²) < 4.78 is 5.49. The smallest absolute Gasteiger partial charge is 0.224 e. The lowest BCUT2D eigenvalue weighted by Crippen LogP contribution is -2.56. The highest BCUT2D eigenvalue weighted by Gasteiger charge is 2.42. The lowest BCUT2D eigenvalue weighted by atomic mass is 9.89. The molecule has 1 amide bonds. The van der Waals surface area contributed by atoms with Gasteiger partial charge >= 0.3 is 0 Å². The highest BCUT2D eigenvalue weighted by atomic mass is 16.5. The van der Waals surface area contributed by atoms with Crippen molar-refractivity contribution in [3.05, 3.63) is 0 Å². The Balaban J connectivity index is 1.65. The van der Waals surface area contributed by atoms with Crippen LogP contribution >= 0.6 is 0 Å². The predicted octanol–water partition coefficient (Wildman–Crippen LogP) is 0.842. The summed E-state index contributed by atoms with van der Waals surface area (Å²) in [5, 5.41) is 3.41. The number of nitrogens with zero attached hydrogens (tertiary/aromatic N) is 2. The number of morpholine rings is 1. The maximum Gasteiger partial charge on any atom is 0.224 e. The summed E-state index contributed by atoms with van der Waals surface area (Å²) in [5.41, 5.74) is 0.120. The summed E-state index contributed by atoms with van der Waals surface area (Å²) in [6.45, 7) is 8.43. The van der Waals surface area contributed by atoms with Crippen molar-refractivity contribution < 1.29 is 9.53 Å². The lowest BCUT2D eigenvalue weighted by molar-refractivity contribution is -0.136. The van der Waals surface area contributed by atoms with E-state index in [1.54, 1.807) is 0 Å². The Kier molecular flexibility index (Phi) is 4.82. The summed E-state index contributed by atoms with van der Waals surface area (Å²) in [5.74, 6) is 0.358. The number of amides is 1. The second-order valence-corrected chi connectivity index (χ2v) is 6.90. The average Bonchev–Trinajstić information content (AvgIpc) is 2.98. The van der Waals surface area contributed by atoms with E-state index in [-0.39, 0.29) is 5.54 Å². The quantitative estimate of drug-likeness (QED) is 0.838. The molecule has 5 heteroatoms. The van der Waals surface area contributed by atoms with E-state index in [9.17, 15) is 4.79 Å². The number of piperazine rings is 1. The molecule has 2 aliphatic heterocycles. The molecule has 1 N–H and O–H groups in total. The van der Waals surface area contributed by atoms with Gasteiger partial charge in [0, 0.05) is 50.7 Å². The highest BCUT2D eigenvalue weighted by Crippen LogP contribution is 2.39. The second-order valence-electron chi connectivity index (χ2n) is 6.90. The fourth-order valence-corrected chi connectivity index (χ4v) is 4.23. The Morgan fingerprint density at radius 3 is 2.62 bits per heavy atom. The summed E-state index contributed by atoms with van der Waals surface area (Å²) in [6, 6.07) is 0.422. The molecule has 1 saturated carbocycles. The minimum atomic E-state index is 0.120. The number of carbonyl (C=O) groups excluding carboxylic acids is 1. The van der Waals surface area contributed by atoms with E-state index in [1.807, 2.05) is 0 Å². The first-order chi connectivity index (χ1) is 10.2. The molecule has 3 fully saturated rings. The van der Waals surface area contributed by atoms with Gasteiger partial charge in [0.1, 0.15) is 0 Å². The molecule has 3 aliphatic rings. The molecular weight excluding hydrogens is 266 g/mol. The van der Waals surface area contributed by atoms with Gasteiger partial charge in [-0.1, -0.05) is 12.8 Å². The van der Waals surface area contributed by atoms with Gasteiger partial charge in [0.25, 0.3) is 0 Å². The van der Waals surface area contributed by atoms with Crippen LogP contribution in [0.2, 0.25) is 0 Å². The minimum Gasteiger partial charge on any atom is -0.379 e. The molecule has 1 unspecified atom stereocenters. The van der Waals surface area contributed by atoms with Gasteiger partial charge in [-0.25, -0.2) is 0 Å². The van der Waals surface area contributed by atoms with Crippen molar-refractivity contribution in [3.63, 3.8) is 0 Å². The number of ether oxygens (including phenoxy) is 1. The Bertz CT molecular complexity index is 363. The third-order valence-electron chi connectivity index (χ3n) is 5.42. The molecule has 2 heterocycles. The number of nitrogens with one attached hydrogen (secondary N) is 1. The van der Waals surface area contributed by atoms with Crippen LogP contribution < -0.4 is 5.32 Å². The van der Waals surface area contributed by atoms with Gasteiger partial charge in [0.15, 0.2) is 0 Å². The van der Waals surface area contributed by atoms with Gasteiger partial charge < -0.3 is 15.0 Å². The van der Waals surface area contributed by atoms with Crippen molar-refractivity contribution in [2.45, 2.75) is 50.6 Å². The molecule has 0 spiro atoms. The summed E-state index contributed by atoms with van der Waals surface area (Å²) in [4.78, 5) is 17.4. The molecule has 120 valence electrons. The van der Waals surface area contributed by atoms with Gasteiger partial charge in [-0.05, 0) is 19.8 Å². The number of carbonyl (C=O) groups is 1. The molecule has 0 bridgehead atoms. The summed E-state index contributed by atoms with van der Waals surface area (Å²) in [7, 11) is 0. The van der Waals surface area contributed by atoms with Gasteiger partial charge in [-0.3, -0.25) is 9.69 Å².